The number of thiazole rings is 1. The van der Waals surface area contributed by atoms with Crippen molar-refractivity contribution in [3.8, 4) is 17.2 Å². The lowest BCUT2D eigenvalue weighted by Gasteiger charge is -2.24. The van der Waals surface area contributed by atoms with Gasteiger partial charge in [0.15, 0.2) is 16.3 Å². The van der Waals surface area contributed by atoms with Crippen LogP contribution in [-0.4, -0.2) is 36.0 Å². The van der Waals surface area contributed by atoms with Crippen molar-refractivity contribution in [2.24, 2.45) is 4.99 Å². The standard InChI is InChI=1S/C26H26N2O6S/c1-5-33-18-10-8-17(9-11-18)23-22(25(31)32-4)15(3)27-26-28(23)24(30)21(35-26)14-16-7-12-19(29)20(13-16)34-6-2/h7-14,23,29H,5-6H2,1-4H3. The minimum absolute atomic E-state index is 0.0271. The maximum atomic E-state index is 13.6. The number of phenolic OH excluding ortho intramolecular Hbond substituents is 1. The molecule has 9 heteroatoms. The number of carbonyl (C=O) groups is 1. The number of methoxy groups -OCH3 is 1. The summed E-state index contributed by atoms with van der Waals surface area (Å²) in [5, 5.41) is 9.99. The van der Waals surface area contributed by atoms with Gasteiger partial charge in [-0.1, -0.05) is 29.5 Å². The molecule has 3 aromatic rings. The van der Waals surface area contributed by atoms with E-state index in [-0.39, 0.29) is 11.3 Å². The van der Waals surface area contributed by atoms with Gasteiger partial charge in [-0.05, 0) is 62.2 Å². The summed E-state index contributed by atoms with van der Waals surface area (Å²) in [6, 6.07) is 11.5. The Kier molecular flexibility index (Phi) is 7.07. The molecule has 8 nitrogen and oxygen atoms in total. The normalized spacial score (nSPS) is 15.4. The van der Waals surface area contributed by atoms with Gasteiger partial charge in [-0.2, -0.15) is 0 Å². The van der Waals surface area contributed by atoms with Crippen molar-refractivity contribution in [1.82, 2.24) is 4.57 Å². The predicted octanol–water partition coefficient (Wildman–Crippen LogP) is 2.91. The van der Waals surface area contributed by atoms with Gasteiger partial charge in [0, 0.05) is 0 Å². The first kappa shape index (κ1) is 24.3. The van der Waals surface area contributed by atoms with Gasteiger partial charge in [-0.3, -0.25) is 9.36 Å². The van der Waals surface area contributed by atoms with Gasteiger partial charge in [0.1, 0.15) is 5.75 Å². The van der Waals surface area contributed by atoms with Crippen LogP contribution in [0.4, 0.5) is 0 Å². The molecular formula is C26H26N2O6S. The van der Waals surface area contributed by atoms with Crippen LogP contribution in [0.15, 0.2) is 63.5 Å². The van der Waals surface area contributed by atoms with Crippen LogP contribution in [0.5, 0.6) is 17.2 Å². The molecule has 0 radical (unpaired) electrons. The van der Waals surface area contributed by atoms with Crippen LogP contribution >= 0.6 is 11.3 Å². The number of phenols is 1. The van der Waals surface area contributed by atoms with E-state index in [1.807, 2.05) is 38.1 Å². The lowest BCUT2D eigenvalue weighted by atomic mass is 9.96. The monoisotopic (exact) mass is 494 g/mol. The van der Waals surface area contributed by atoms with Crippen molar-refractivity contribution in [2.45, 2.75) is 26.8 Å². The lowest BCUT2D eigenvalue weighted by Crippen LogP contribution is -2.39. The Bertz CT molecular complexity index is 1470. The molecule has 182 valence electrons. The summed E-state index contributed by atoms with van der Waals surface area (Å²) in [5.41, 5.74) is 1.94. The van der Waals surface area contributed by atoms with E-state index >= 15 is 0 Å². The van der Waals surface area contributed by atoms with Crippen LogP contribution in [0.1, 0.15) is 37.9 Å². The molecule has 4 rings (SSSR count). The Morgan fingerprint density at radius 3 is 2.51 bits per heavy atom. The van der Waals surface area contributed by atoms with Crippen LogP contribution in [0.25, 0.3) is 6.08 Å². The van der Waals surface area contributed by atoms with Crippen molar-refractivity contribution in [3.63, 3.8) is 0 Å². The highest BCUT2D eigenvalue weighted by molar-refractivity contribution is 7.07. The Balaban J connectivity index is 1.89. The van der Waals surface area contributed by atoms with E-state index in [1.165, 1.54) is 29.1 Å². The summed E-state index contributed by atoms with van der Waals surface area (Å²) >= 11 is 1.23. The van der Waals surface area contributed by atoms with E-state index < -0.39 is 12.0 Å². The van der Waals surface area contributed by atoms with Crippen molar-refractivity contribution in [1.29, 1.82) is 0 Å². The maximum absolute atomic E-state index is 13.6. The van der Waals surface area contributed by atoms with Crippen LogP contribution in [0.2, 0.25) is 0 Å². The highest BCUT2D eigenvalue weighted by Gasteiger charge is 2.33. The summed E-state index contributed by atoms with van der Waals surface area (Å²) in [6.07, 6.45) is 1.72. The number of nitrogens with zero attached hydrogens (tertiary/aromatic N) is 2. The number of aromatic nitrogens is 1. The smallest absolute Gasteiger partial charge is 0.338 e. The van der Waals surface area contributed by atoms with Gasteiger partial charge >= 0.3 is 5.97 Å². The number of allylic oxidation sites excluding steroid dienone is 1. The zero-order valence-electron chi connectivity index (χ0n) is 19.9. The molecule has 0 saturated carbocycles. The highest BCUT2D eigenvalue weighted by Crippen LogP contribution is 2.31. The molecule has 0 saturated heterocycles. The van der Waals surface area contributed by atoms with E-state index in [0.29, 0.717) is 50.9 Å². The summed E-state index contributed by atoms with van der Waals surface area (Å²) in [4.78, 5) is 31.4. The summed E-state index contributed by atoms with van der Waals surface area (Å²) in [6.45, 7) is 6.39. The van der Waals surface area contributed by atoms with Crippen molar-refractivity contribution in [3.05, 3.63) is 84.5 Å². The average molecular weight is 495 g/mol. The zero-order valence-corrected chi connectivity index (χ0v) is 20.7. The molecule has 0 aliphatic carbocycles. The minimum Gasteiger partial charge on any atom is -0.504 e. The molecule has 0 bridgehead atoms. The number of esters is 1. The van der Waals surface area contributed by atoms with Crippen LogP contribution in [0, 0.1) is 0 Å². The first-order valence-electron chi connectivity index (χ1n) is 11.2. The van der Waals surface area contributed by atoms with Crippen LogP contribution in [-0.2, 0) is 9.53 Å². The molecule has 0 spiro atoms. The molecule has 1 aliphatic rings. The zero-order chi connectivity index (χ0) is 25.1. The number of ether oxygens (including phenoxy) is 3. The molecule has 1 atom stereocenters. The Hall–Kier alpha value is -3.85. The van der Waals surface area contributed by atoms with Crippen LogP contribution in [0.3, 0.4) is 0 Å². The molecule has 2 heterocycles. The number of benzene rings is 2. The first-order chi connectivity index (χ1) is 16.9. The topological polar surface area (TPSA) is 99.4 Å². The maximum Gasteiger partial charge on any atom is 0.338 e. The molecule has 35 heavy (non-hydrogen) atoms. The van der Waals surface area contributed by atoms with E-state index in [9.17, 15) is 14.7 Å². The second-order valence-electron chi connectivity index (χ2n) is 7.74. The molecule has 1 aromatic heterocycles. The van der Waals surface area contributed by atoms with Crippen molar-refractivity contribution in [2.75, 3.05) is 20.3 Å². The molecule has 0 fully saturated rings. The molecular weight excluding hydrogens is 468 g/mol. The number of hydrogen-bond acceptors (Lipinski definition) is 8. The van der Waals surface area contributed by atoms with Gasteiger partial charge in [-0.25, -0.2) is 9.79 Å². The molecule has 1 aliphatic heterocycles. The third kappa shape index (κ3) is 4.72. The van der Waals surface area contributed by atoms with Gasteiger partial charge in [0.05, 0.1) is 42.2 Å². The Morgan fingerprint density at radius 1 is 1.14 bits per heavy atom. The van der Waals surface area contributed by atoms with Gasteiger partial charge in [0.2, 0.25) is 0 Å². The van der Waals surface area contributed by atoms with Crippen LogP contribution < -0.4 is 24.4 Å². The quantitative estimate of drug-likeness (QED) is 0.507. The van der Waals surface area contributed by atoms with E-state index in [0.717, 1.165) is 5.56 Å². The van der Waals surface area contributed by atoms with Gasteiger partial charge < -0.3 is 19.3 Å². The fourth-order valence-electron chi connectivity index (χ4n) is 3.96. The summed E-state index contributed by atoms with van der Waals surface area (Å²) in [7, 11) is 1.31. The largest absolute Gasteiger partial charge is 0.504 e. The third-order valence-corrected chi connectivity index (χ3v) is 6.50. The summed E-state index contributed by atoms with van der Waals surface area (Å²) < 4.78 is 18.0. The average Bonchev–Trinajstić information content (AvgIpc) is 3.15. The Morgan fingerprint density at radius 2 is 1.86 bits per heavy atom. The number of rotatable bonds is 7. The van der Waals surface area contributed by atoms with Crippen molar-refractivity contribution < 1.29 is 24.1 Å². The minimum atomic E-state index is -0.699. The van der Waals surface area contributed by atoms with Gasteiger partial charge in [-0.15, -0.1) is 0 Å². The predicted molar refractivity (Wildman–Crippen MR) is 133 cm³/mol. The number of hydrogen-bond donors (Lipinski definition) is 1. The number of carbonyl (C=O) groups excluding carboxylic acids is 1. The fourth-order valence-corrected chi connectivity index (χ4v) is 5.01. The summed E-state index contributed by atoms with van der Waals surface area (Å²) in [5.74, 6) is 0.519. The van der Waals surface area contributed by atoms with E-state index in [1.54, 1.807) is 25.1 Å². The lowest BCUT2D eigenvalue weighted by molar-refractivity contribution is -0.136. The molecule has 0 amide bonds. The molecule has 2 aromatic carbocycles. The van der Waals surface area contributed by atoms with Crippen molar-refractivity contribution >= 4 is 23.4 Å². The first-order valence-corrected chi connectivity index (χ1v) is 12.0. The fraction of sp³-hybridized carbons (Fsp3) is 0.269. The SMILES string of the molecule is CCOc1ccc(C2C(C(=O)OC)=C(C)N=c3sc(=Cc4ccc(O)c(OCC)c4)c(=O)n32)cc1. The second-order valence-corrected chi connectivity index (χ2v) is 8.74. The van der Waals surface area contributed by atoms with E-state index in [4.69, 9.17) is 14.2 Å². The second kappa shape index (κ2) is 10.2. The molecule has 1 N–H and O–H groups in total. The Labute approximate surface area is 206 Å². The number of fused-ring (bicyclic) bond motifs is 1. The highest BCUT2D eigenvalue weighted by atomic mass is 32.1. The number of aromatic hydroxyl groups is 1. The third-order valence-electron chi connectivity index (χ3n) is 5.52. The molecule has 1 unspecified atom stereocenters. The van der Waals surface area contributed by atoms with E-state index in [2.05, 4.69) is 4.99 Å². The van der Waals surface area contributed by atoms with Gasteiger partial charge in [0.25, 0.3) is 5.56 Å².